The quantitative estimate of drug-likeness (QED) is 0.883. The summed E-state index contributed by atoms with van der Waals surface area (Å²) in [7, 11) is 0. The number of aryl methyl sites for hydroxylation is 1. The fourth-order valence-corrected chi connectivity index (χ4v) is 2.29. The molecule has 2 rings (SSSR count). The van der Waals surface area contributed by atoms with Gasteiger partial charge in [-0.15, -0.1) is 0 Å². The Bertz CT molecular complexity index is 516. The molecule has 4 heteroatoms. The maximum absolute atomic E-state index is 10.9. The van der Waals surface area contributed by atoms with E-state index in [1.807, 2.05) is 31.2 Å². The van der Waals surface area contributed by atoms with Crippen LogP contribution in [0.5, 0.6) is 0 Å². The maximum Gasteiger partial charge on any atom is 0.340 e. The van der Waals surface area contributed by atoms with Crippen LogP contribution in [0.2, 0.25) is 0 Å². The third kappa shape index (κ3) is 2.28. The number of benzene rings is 1. The number of rotatable bonds is 3. The van der Waals surface area contributed by atoms with E-state index >= 15 is 0 Å². The smallest absolute Gasteiger partial charge is 0.340 e. The fraction of sp³-hybridized carbons (Fsp3) is 0.0833. The molecule has 0 fully saturated rings. The van der Waals surface area contributed by atoms with Crippen molar-refractivity contribution in [1.29, 1.82) is 0 Å². The van der Waals surface area contributed by atoms with Crippen molar-refractivity contribution in [3.8, 4) is 0 Å². The van der Waals surface area contributed by atoms with Crippen molar-refractivity contribution in [2.75, 3.05) is 0 Å². The number of hydrogen-bond donors (Lipinski definition) is 1. The number of furan rings is 1. The number of carbonyl (C=O) groups is 1. The minimum absolute atomic E-state index is 0.200. The second kappa shape index (κ2) is 4.45. The molecule has 0 saturated heterocycles. The summed E-state index contributed by atoms with van der Waals surface area (Å²) in [4.78, 5) is 11.8. The van der Waals surface area contributed by atoms with E-state index in [0.29, 0.717) is 5.09 Å². The van der Waals surface area contributed by atoms with Gasteiger partial charge in [0.25, 0.3) is 0 Å². The Labute approximate surface area is 97.1 Å². The van der Waals surface area contributed by atoms with E-state index in [-0.39, 0.29) is 5.56 Å². The lowest BCUT2D eigenvalue weighted by Gasteiger charge is -2.00. The van der Waals surface area contributed by atoms with Crippen molar-refractivity contribution in [2.24, 2.45) is 0 Å². The highest BCUT2D eigenvalue weighted by molar-refractivity contribution is 7.99. The lowest BCUT2D eigenvalue weighted by Crippen LogP contribution is -1.94. The standard InChI is InChI=1S/C12H10O3S/c1-8-3-2-4-9(7-8)16-12-10(11(13)14)5-6-15-12/h2-7H,1H3,(H,13,14). The van der Waals surface area contributed by atoms with E-state index in [0.717, 1.165) is 10.5 Å². The minimum Gasteiger partial charge on any atom is -0.478 e. The van der Waals surface area contributed by atoms with Gasteiger partial charge in [-0.1, -0.05) is 29.5 Å². The second-order valence-electron chi connectivity index (χ2n) is 3.35. The Balaban J connectivity index is 2.27. The van der Waals surface area contributed by atoms with E-state index < -0.39 is 5.97 Å². The first kappa shape index (κ1) is 10.8. The lowest BCUT2D eigenvalue weighted by atomic mass is 10.2. The van der Waals surface area contributed by atoms with Crippen molar-refractivity contribution in [3.05, 3.63) is 47.7 Å². The number of carboxylic acids is 1. The van der Waals surface area contributed by atoms with Crippen molar-refractivity contribution < 1.29 is 14.3 Å². The van der Waals surface area contributed by atoms with Gasteiger partial charge in [-0.2, -0.15) is 0 Å². The van der Waals surface area contributed by atoms with Crippen molar-refractivity contribution in [2.45, 2.75) is 16.9 Å². The third-order valence-corrected chi connectivity index (χ3v) is 3.05. The van der Waals surface area contributed by atoms with E-state index in [9.17, 15) is 4.79 Å². The predicted octanol–water partition coefficient (Wildman–Crippen LogP) is 3.44. The fourth-order valence-electron chi connectivity index (χ4n) is 1.32. The van der Waals surface area contributed by atoms with E-state index in [2.05, 4.69) is 0 Å². The molecule has 0 amide bonds. The van der Waals surface area contributed by atoms with Gasteiger partial charge in [0.1, 0.15) is 5.56 Å². The van der Waals surface area contributed by atoms with Crippen molar-refractivity contribution in [3.63, 3.8) is 0 Å². The van der Waals surface area contributed by atoms with Gasteiger partial charge in [0, 0.05) is 4.90 Å². The Kier molecular flexibility index (Phi) is 3.01. The summed E-state index contributed by atoms with van der Waals surface area (Å²) in [6, 6.07) is 9.29. The summed E-state index contributed by atoms with van der Waals surface area (Å²) >= 11 is 1.32. The van der Waals surface area contributed by atoms with Gasteiger partial charge in [-0.25, -0.2) is 4.79 Å². The Morgan fingerprint density at radius 2 is 2.19 bits per heavy atom. The van der Waals surface area contributed by atoms with Gasteiger partial charge in [0.05, 0.1) is 6.26 Å². The van der Waals surface area contributed by atoms with Gasteiger partial charge in [-0.3, -0.25) is 0 Å². The topological polar surface area (TPSA) is 50.4 Å². The second-order valence-corrected chi connectivity index (χ2v) is 4.39. The zero-order valence-corrected chi connectivity index (χ0v) is 9.45. The summed E-state index contributed by atoms with van der Waals surface area (Å²) in [5, 5.41) is 9.33. The molecule has 1 heterocycles. The molecule has 82 valence electrons. The highest BCUT2D eigenvalue weighted by atomic mass is 32.2. The molecule has 0 atom stereocenters. The van der Waals surface area contributed by atoms with Crippen LogP contribution in [0.25, 0.3) is 0 Å². The highest BCUT2D eigenvalue weighted by Gasteiger charge is 2.14. The summed E-state index contributed by atoms with van der Waals surface area (Å²) in [5.74, 6) is -0.969. The van der Waals surface area contributed by atoms with Gasteiger partial charge >= 0.3 is 5.97 Å². The zero-order valence-electron chi connectivity index (χ0n) is 8.64. The first-order valence-corrected chi connectivity index (χ1v) is 5.54. The molecular formula is C12H10O3S. The average Bonchev–Trinajstić information content (AvgIpc) is 2.66. The monoisotopic (exact) mass is 234 g/mol. The largest absolute Gasteiger partial charge is 0.478 e. The molecular weight excluding hydrogens is 224 g/mol. The van der Waals surface area contributed by atoms with Gasteiger partial charge < -0.3 is 9.52 Å². The minimum atomic E-state index is -0.969. The van der Waals surface area contributed by atoms with Crippen LogP contribution >= 0.6 is 11.8 Å². The molecule has 0 aliphatic rings. The number of aromatic carboxylic acids is 1. The number of carboxylic acid groups (broad SMARTS) is 1. The molecule has 0 unspecified atom stereocenters. The first-order valence-electron chi connectivity index (χ1n) is 4.72. The summed E-state index contributed by atoms with van der Waals surface area (Å²) in [5.41, 5.74) is 1.33. The van der Waals surface area contributed by atoms with Crippen LogP contribution in [-0.2, 0) is 0 Å². The lowest BCUT2D eigenvalue weighted by molar-refractivity contribution is 0.0690. The average molecular weight is 234 g/mol. The predicted molar refractivity (Wildman–Crippen MR) is 61.0 cm³/mol. The van der Waals surface area contributed by atoms with Crippen LogP contribution in [0.3, 0.4) is 0 Å². The molecule has 0 spiro atoms. The van der Waals surface area contributed by atoms with E-state index in [1.54, 1.807) is 0 Å². The SMILES string of the molecule is Cc1cccc(Sc2occc2C(=O)O)c1. The molecule has 0 bridgehead atoms. The third-order valence-electron chi connectivity index (χ3n) is 2.06. The molecule has 0 aliphatic carbocycles. The first-order chi connectivity index (χ1) is 7.66. The Morgan fingerprint density at radius 1 is 1.38 bits per heavy atom. The van der Waals surface area contributed by atoms with E-state index in [1.165, 1.54) is 24.1 Å². The Hall–Kier alpha value is -1.68. The van der Waals surface area contributed by atoms with Crippen molar-refractivity contribution >= 4 is 17.7 Å². The zero-order chi connectivity index (χ0) is 11.5. The van der Waals surface area contributed by atoms with Gasteiger partial charge in [0.2, 0.25) is 0 Å². The maximum atomic E-state index is 10.9. The molecule has 0 aliphatic heterocycles. The molecule has 1 N–H and O–H groups in total. The Morgan fingerprint density at radius 3 is 2.88 bits per heavy atom. The summed E-state index contributed by atoms with van der Waals surface area (Å²) in [6.45, 7) is 1.99. The van der Waals surface area contributed by atoms with E-state index in [4.69, 9.17) is 9.52 Å². The summed E-state index contributed by atoms with van der Waals surface area (Å²) in [6.07, 6.45) is 1.39. The normalized spacial score (nSPS) is 10.3. The molecule has 0 radical (unpaired) electrons. The van der Waals surface area contributed by atoms with Gasteiger partial charge in [0.15, 0.2) is 5.09 Å². The van der Waals surface area contributed by atoms with Crippen LogP contribution in [0.15, 0.2) is 51.0 Å². The molecule has 16 heavy (non-hydrogen) atoms. The van der Waals surface area contributed by atoms with Crippen LogP contribution in [0.1, 0.15) is 15.9 Å². The molecule has 2 aromatic rings. The van der Waals surface area contributed by atoms with Crippen LogP contribution < -0.4 is 0 Å². The summed E-state index contributed by atoms with van der Waals surface area (Å²) < 4.78 is 5.15. The highest BCUT2D eigenvalue weighted by Crippen LogP contribution is 2.31. The molecule has 1 aromatic carbocycles. The van der Waals surface area contributed by atoms with Crippen LogP contribution in [0, 0.1) is 6.92 Å². The van der Waals surface area contributed by atoms with Crippen molar-refractivity contribution in [1.82, 2.24) is 0 Å². The van der Waals surface area contributed by atoms with Crippen LogP contribution in [0.4, 0.5) is 0 Å². The molecule has 3 nitrogen and oxygen atoms in total. The van der Waals surface area contributed by atoms with Gasteiger partial charge in [-0.05, 0) is 25.1 Å². The molecule has 0 saturated carbocycles. The molecule has 1 aromatic heterocycles. The van der Waals surface area contributed by atoms with Crippen LogP contribution in [-0.4, -0.2) is 11.1 Å². The number of hydrogen-bond acceptors (Lipinski definition) is 3.